The Labute approximate surface area is 103 Å². The van der Waals surface area contributed by atoms with Gasteiger partial charge in [0.05, 0.1) is 0 Å². The van der Waals surface area contributed by atoms with E-state index < -0.39 is 0 Å². The van der Waals surface area contributed by atoms with Gasteiger partial charge in [0.2, 0.25) is 5.91 Å². The van der Waals surface area contributed by atoms with Crippen molar-refractivity contribution in [2.45, 2.75) is 39.8 Å². The molecule has 0 aliphatic heterocycles. The van der Waals surface area contributed by atoms with Crippen LogP contribution in [0.3, 0.4) is 0 Å². The molecule has 0 bridgehead atoms. The number of carbonyl (C=O) groups is 1. The summed E-state index contributed by atoms with van der Waals surface area (Å²) in [6.07, 6.45) is 1.15. The predicted molar refractivity (Wildman–Crippen MR) is 70.7 cm³/mol. The molecule has 0 spiro atoms. The monoisotopic (exact) mass is 234 g/mol. The van der Waals surface area contributed by atoms with Crippen LogP contribution in [0.5, 0.6) is 0 Å². The van der Waals surface area contributed by atoms with E-state index in [1.807, 2.05) is 18.2 Å². The summed E-state index contributed by atoms with van der Waals surface area (Å²) in [4.78, 5) is 11.0. The van der Waals surface area contributed by atoms with Crippen LogP contribution in [0, 0.1) is 5.92 Å². The summed E-state index contributed by atoms with van der Waals surface area (Å²) in [5.41, 5.74) is 6.91. The fraction of sp³-hybridized carbons (Fsp3) is 0.500. The Bertz CT molecular complexity index is 374. The molecule has 0 saturated carbocycles. The van der Waals surface area contributed by atoms with Gasteiger partial charge in [-0.15, -0.1) is 0 Å². The first-order chi connectivity index (χ1) is 7.99. The third-order valence-electron chi connectivity index (χ3n) is 2.69. The Morgan fingerprint density at radius 2 is 2.06 bits per heavy atom. The summed E-state index contributed by atoms with van der Waals surface area (Å²) in [7, 11) is 0. The Morgan fingerprint density at radius 1 is 1.35 bits per heavy atom. The Balaban J connectivity index is 2.51. The fourth-order valence-corrected chi connectivity index (χ4v) is 1.92. The molecule has 1 atom stereocenters. The van der Waals surface area contributed by atoms with Crippen LogP contribution in [-0.4, -0.2) is 11.9 Å². The van der Waals surface area contributed by atoms with Crippen molar-refractivity contribution in [1.29, 1.82) is 0 Å². The van der Waals surface area contributed by atoms with Gasteiger partial charge >= 0.3 is 0 Å². The van der Waals surface area contributed by atoms with Crippen molar-refractivity contribution in [3.05, 3.63) is 35.4 Å². The zero-order valence-corrected chi connectivity index (χ0v) is 10.9. The molecule has 94 valence electrons. The van der Waals surface area contributed by atoms with Gasteiger partial charge in [0.15, 0.2) is 0 Å². The maximum atomic E-state index is 11.0. The molecule has 0 aliphatic rings. The molecule has 1 rings (SSSR count). The van der Waals surface area contributed by atoms with E-state index in [0.717, 1.165) is 18.5 Å². The second kappa shape index (κ2) is 6.40. The molecule has 0 saturated heterocycles. The van der Waals surface area contributed by atoms with Crippen LogP contribution >= 0.6 is 0 Å². The van der Waals surface area contributed by atoms with Gasteiger partial charge in [-0.25, -0.2) is 0 Å². The summed E-state index contributed by atoms with van der Waals surface area (Å²) in [6.45, 7) is 7.38. The highest BCUT2D eigenvalue weighted by Gasteiger charge is 2.05. The van der Waals surface area contributed by atoms with E-state index in [-0.39, 0.29) is 5.91 Å². The van der Waals surface area contributed by atoms with Crippen molar-refractivity contribution < 1.29 is 4.79 Å². The van der Waals surface area contributed by atoms with Crippen LogP contribution in [0.2, 0.25) is 0 Å². The van der Waals surface area contributed by atoms with Crippen LogP contribution in [0.25, 0.3) is 0 Å². The maximum absolute atomic E-state index is 11.0. The lowest BCUT2D eigenvalue weighted by Crippen LogP contribution is -2.27. The Hall–Kier alpha value is -1.35. The lowest BCUT2D eigenvalue weighted by Gasteiger charge is -2.16. The number of hydrogen-bond donors (Lipinski definition) is 2. The first kappa shape index (κ1) is 13.7. The van der Waals surface area contributed by atoms with Crippen LogP contribution in [0.15, 0.2) is 24.3 Å². The van der Waals surface area contributed by atoms with Crippen molar-refractivity contribution in [1.82, 2.24) is 5.32 Å². The average Bonchev–Trinajstić information content (AvgIpc) is 2.26. The SMILES string of the molecule is CC(C)CC(C)NCc1cccc(C(N)=O)c1. The number of rotatable bonds is 6. The van der Waals surface area contributed by atoms with Crippen molar-refractivity contribution in [3.63, 3.8) is 0 Å². The van der Waals surface area contributed by atoms with Crippen LogP contribution in [0.4, 0.5) is 0 Å². The smallest absolute Gasteiger partial charge is 0.248 e. The molecule has 1 aromatic rings. The summed E-state index contributed by atoms with van der Waals surface area (Å²) in [6, 6.07) is 7.93. The molecule has 17 heavy (non-hydrogen) atoms. The number of benzene rings is 1. The van der Waals surface area contributed by atoms with Gasteiger partial charge in [0.1, 0.15) is 0 Å². The van der Waals surface area contributed by atoms with Crippen molar-refractivity contribution in [2.75, 3.05) is 0 Å². The molecule has 1 amide bonds. The number of nitrogens with one attached hydrogen (secondary N) is 1. The van der Waals surface area contributed by atoms with Gasteiger partial charge in [-0.05, 0) is 37.0 Å². The summed E-state index contributed by atoms with van der Waals surface area (Å²) in [5, 5.41) is 3.44. The Morgan fingerprint density at radius 3 is 2.65 bits per heavy atom. The standard InChI is InChI=1S/C14H22N2O/c1-10(2)7-11(3)16-9-12-5-4-6-13(8-12)14(15)17/h4-6,8,10-11,16H,7,9H2,1-3H3,(H2,15,17). The van der Waals surface area contributed by atoms with Crippen molar-refractivity contribution >= 4 is 5.91 Å². The molecule has 1 unspecified atom stereocenters. The lowest BCUT2D eigenvalue weighted by molar-refractivity contribution is 0.1000. The minimum atomic E-state index is -0.373. The zero-order valence-electron chi connectivity index (χ0n) is 10.9. The maximum Gasteiger partial charge on any atom is 0.248 e. The van der Waals surface area contributed by atoms with Crippen molar-refractivity contribution in [2.24, 2.45) is 11.7 Å². The number of primary amides is 1. The van der Waals surface area contributed by atoms with Gasteiger partial charge in [-0.1, -0.05) is 26.0 Å². The van der Waals surface area contributed by atoms with E-state index in [0.29, 0.717) is 17.5 Å². The molecule has 0 radical (unpaired) electrons. The van der Waals surface area contributed by atoms with Gasteiger partial charge in [0.25, 0.3) is 0 Å². The number of nitrogens with two attached hydrogens (primary N) is 1. The van der Waals surface area contributed by atoms with E-state index in [1.165, 1.54) is 0 Å². The summed E-state index contributed by atoms with van der Waals surface area (Å²) in [5.74, 6) is 0.316. The van der Waals surface area contributed by atoms with E-state index in [1.54, 1.807) is 6.07 Å². The third kappa shape index (κ3) is 5.00. The molecule has 0 fully saturated rings. The van der Waals surface area contributed by atoms with Gasteiger partial charge in [-0.2, -0.15) is 0 Å². The molecule has 0 aromatic heterocycles. The molecule has 3 nitrogen and oxygen atoms in total. The third-order valence-corrected chi connectivity index (χ3v) is 2.69. The topological polar surface area (TPSA) is 55.1 Å². The van der Waals surface area contributed by atoms with Crippen LogP contribution in [-0.2, 0) is 6.54 Å². The molecule has 1 aromatic carbocycles. The summed E-state index contributed by atoms with van der Waals surface area (Å²) < 4.78 is 0. The Kier molecular flexibility index (Phi) is 5.16. The second-order valence-corrected chi connectivity index (χ2v) is 4.98. The first-order valence-corrected chi connectivity index (χ1v) is 6.11. The minimum Gasteiger partial charge on any atom is -0.366 e. The molecular formula is C14H22N2O. The van der Waals surface area contributed by atoms with E-state index in [9.17, 15) is 4.79 Å². The van der Waals surface area contributed by atoms with Gasteiger partial charge < -0.3 is 11.1 Å². The minimum absolute atomic E-state index is 0.373. The molecule has 0 heterocycles. The molecule has 0 aliphatic carbocycles. The molecular weight excluding hydrogens is 212 g/mol. The van der Waals surface area contributed by atoms with Crippen LogP contribution < -0.4 is 11.1 Å². The summed E-state index contributed by atoms with van der Waals surface area (Å²) >= 11 is 0. The van der Waals surface area contributed by atoms with Gasteiger partial charge in [-0.3, -0.25) is 4.79 Å². The predicted octanol–water partition coefficient (Wildman–Crippen LogP) is 2.31. The van der Waals surface area contributed by atoms with Gasteiger partial charge in [0, 0.05) is 18.2 Å². The second-order valence-electron chi connectivity index (χ2n) is 4.98. The normalized spacial score (nSPS) is 12.7. The van der Waals surface area contributed by atoms with Crippen LogP contribution in [0.1, 0.15) is 43.1 Å². The molecule has 3 heteroatoms. The highest BCUT2D eigenvalue weighted by Crippen LogP contribution is 2.07. The average molecular weight is 234 g/mol. The largest absolute Gasteiger partial charge is 0.366 e. The van der Waals surface area contributed by atoms with Crippen molar-refractivity contribution in [3.8, 4) is 0 Å². The lowest BCUT2D eigenvalue weighted by atomic mass is 10.0. The number of carbonyl (C=O) groups excluding carboxylic acids is 1. The quantitative estimate of drug-likeness (QED) is 0.793. The number of amides is 1. The number of hydrogen-bond acceptors (Lipinski definition) is 2. The highest BCUT2D eigenvalue weighted by atomic mass is 16.1. The first-order valence-electron chi connectivity index (χ1n) is 6.11. The highest BCUT2D eigenvalue weighted by molar-refractivity contribution is 5.92. The molecule has 3 N–H and O–H groups in total. The van der Waals surface area contributed by atoms with E-state index in [2.05, 4.69) is 26.1 Å². The van der Waals surface area contributed by atoms with E-state index in [4.69, 9.17) is 5.73 Å². The van der Waals surface area contributed by atoms with E-state index >= 15 is 0 Å². The zero-order chi connectivity index (χ0) is 12.8. The fourth-order valence-electron chi connectivity index (χ4n) is 1.92.